The molecule has 0 aliphatic carbocycles. The highest BCUT2D eigenvalue weighted by Gasteiger charge is 2.10. The van der Waals surface area contributed by atoms with Crippen LogP contribution in [0, 0.1) is 11.3 Å². The van der Waals surface area contributed by atoms with E-state index in [1.165, 1.54) is 0 Å². The molecule has 0 saturated heterocycles. The van der Waals surface area contributed by atoms with E-state index >= 15 is 0 Å². The smallest absolute Gasteiger partial charge is 0.119 e. The Morgan fingerprint density at radius 2 is 1.89 bits per heavy atom. The summed E-state index contributed by atoms with van der Waals surface area (Å²) in [4.78, 5) is 0. The minimum absolute atomic E-state index is 0.118. The van der Waals surface area contributed by atoms with Crippen LogP contribution in [0.4, 0.5) is 0 Å². The number of ether oxygens (including phenoxy) is 1. The van der Waals surface area contributed by atoms with Crippen molar-refractivity contribution in [1.82, 2.24) is 0 Å². The first-order valence-electron chi connectivity index (χ1n) is 5.89. The lowest BCUT2D eigenvalue weighted by Gasteiger charge is -2.12. The highest BCUT2D eigenvalue weighted by Crippen LogP contribution is 2.30. The zero-order valence-electron chi connectivity index (χ0n) is 10.6. The fourth-order valence-corrected chi connectivity index (χ4v) is 2.00. The van der Waals surface area contributed by atoms with Crippen molar-refractivity contribution >= 4 is 0 Å². The van der Waals surface area contributed by atoms with Crippen LogP contribution in [-0.4, -0.2) is 7.11 Å². The minimum Gasteiger partial charge on any atom is -0.497 e. The topological polar surface area (TPSA) is 33.0 Å². The van der Waals surface area contributed by atoms with Crippen LogP contribution in [0.1, 0.15) is 18.4 Å². The maximum Gasteiger partial charge on any atom is 0.119 e. The van der Waals surface area contributed by atoms with Crippen molar-refractivity contribution in [3.05, 3.63) is 54.1 Å². The predicted octanol–water partition coefficient (Wildman–Crippen LogP) is 3.99. The molecule has 0 aliphatic rings. The lowest BCUT2D eigenvalue weighted by molar-refractivity contribution is 0.415. The van der Waals surface area contributed by atoms with Gasteiger partial charge in [-0.1, -0.05) is 36.4 Å². The average molecular weight is 237 g/mol. The first-order valence-corrected chi connectivity index (χ1v) is 5.89. The Balaban J connectivity index is 2.53. The molecule has 0 aliphatic heterocycles. The molecule has 90 valence electrons. The number of rotatable bonds is 3. The summed E-state index contributed by atoms with van der Waals surface area (Å²) in [5, 5.41) is 9.09. The summed E-state index contributed by atoms with van der Waals surface area (Å²) in [6.45, 7) is 1.92. The molecule has 0 spiro atoms. The van der Waals surface area contributed by atoms with Crippen LogP contribution in [-0.2, 0) is 0 Å². The van der Waals surface area contributed by atoms with Gasteiger partial charge in [0.2, 0.25) is 0 Å². The van der Waals surface area contributed by atoms with Gasteiger partial charge in [-0.05, 0) is 35.7 Å². The second-order valence-corrected chi connectivity index (χ2v) is 4.17. The van der Waals surface area contributed by atoms with E-state index in [1.807, 2.05) is 55.5 Å². The molecule has 2 aromatic rings. The van der Waals surface area contributed by atoms with Gasteiger partial charge in [0.15, 0.2) is 0 Å². The lowest BCUT2D eigenvalue weighted by Crippen LogP contribution is -1.94. The summed E-state index contributed by atoms with van der Waals surface area (Å²) in [5.74, 6) is 0.708. The Kier molecular flexibility index (Phi) is 3.64. The number of methoxy groups -OCH3 is 1. The molecule has 2 nitrogen and oxygen atoms in total. The van der Waals surface area contributed by atoms with Crippen LogP contribution >= 0.6 is 0 Å². The molecule has 0 bridgehead atoms. The van der Waals surface area contributed by atoms with Gasteiger partial charge in [-0.2, -0.15) is 5.26 Å². The Bertz CT molecular complexity index is 584. The molecular weight excluding hydrogens is 222 g/mol. The van der Waals surface area contributed by atoms with Gasteiger partial charge in [-0.25, -0.2) is 0 Å². The van der Waals surface area contributed by atoms with Crippen molar-refractivity contribution in [3.63, 3.8) is 0 Å². The third-order valence-corrected chi connectivity index (χ3v) is 3.00. The summed E-state index contributed by atoms with van der Waals surface area (Å²) in [7, 11) is 1.66. The molecule has 2 aromatic carbocycles. The fourth-order valence-electron chi connectivity index (χ4n) is 2.00. The third kappa shape index (κ3) is 2.36. The standard InChI is InChI=1S/C16H15NO/c1-12(11-17)15-8-3-4-9-16(15)13-6-5-7-14(10-13)18-2/h3-10,12H,1-2H3. The van der Waals surface area contributed by atoms with E-state index in [0.717, 1.165) is 22.4 Å². The third-order valence-electron chi connectivity index (χ3n) is 3.00. The summed E-state index contributed by atoms with van der Waals surface area (Å²) in [5.41, 5.74) is 3.21. The normalized spacial score (nSPS) is 11.6. The molecule has 0 aromatic heterocycles. The monoisotopic (exact) mass is 237 g/mol. The van der Waals surface area contributed by atoms with Gasteiger partial charge in [0, 0.05) is 0 Å². The molecule has 0 amide bonds. The van der Waals surface area contributed by atoms with Crippen LogP contribution in [0.25, 0.3) is 11.1 Å². The molecule has 1 unspecified atom stereocenters. The quantitative estimate of drug-likeness (QED) is 0.808. The average Bonchev–Trinajstić information content (AvgIpc) is 2.46. The van der Waals surface area contributed by atoms with Gasteiger partial charge in [0.1, 0.15) is 5.75 Å². The number of hydrogen-bond donors (Lipinski definition) is 0. The summed E-state index contributed by atoms with van der Waals surface area (Å²) in [6, 6.07) is 18.2. The largest absolute Gasteiger partial charge is 0.497 e. The number of nitriles is 1. The minimum atomic E-state index is -0.118. The van der Waals surface area contributed by atoms with Crippen molar-refractivity contribution < 1.29 is 4.74 Å². The van der Waals surface area contributed by atoms with Crippen molar-refractivity contribution in [1.29, 1.82) is 5.26 Å². The summed E-state index contributed by atoms with van der Waals surface area (Å²) in [6.07, 6.45) is 0. The van der Waals surface area contributed by atoms with E-state index in [2.05, 4.69) is 6.07 Å². The van der Waals surface area contributed by atoms with Crippen molar-refractivity contribution in [2.75, 3.05) is 7.11 Å². The molecule has 2 rings (SSSR count). The van der Waals surface area contributed by atoms with Crippen LogP contribution in [0.5, 0.6) is 5.75 Å². The fraction of sp³-hybridized carbons (Fsp3) is 0.188. The zero-order chi connectivity index (χ0) is 13.0. The van der Waals surface area contributed by atoms with Crippen LogP contribution in [0.15, 0.2) is 48.5 Å². The Labute approximate surface area is 107 Å². The van der Waals surface area contributed by atoms with E-state index in [9.17, 15) is 0 Å². The highest BCUT2D eigenvalue weighted by atomic mass is 16.5. The van der Waals surface area contributed by atoms with Crippen molar-refractivity contribution in [2.24, 2.45) is 0 Å². The van der Waals surface area contributed by atoms with E-state index in [0.29, 0.717) is 0 Å². The number of nitrogens with zero attached hydrogens (tertiary/aromatic N) is 1. The van der Waals surface area contributed by atoms with E-state index in [-0.39, 0.29) is 5.92 Å². The Morgan fingerprint density at radius 1 is 1.11 bits per heavy atom. The summed E-state index contributed by atoms with van der Waals surface area (Å²) < 4.78 is 5.24. The number of benzene rings is 2. The molecular formula is C16H15NO. The second-order valence-electron chi connectivity index (χ2n) is 4.17. The van der Waals surface area contributed by atoms with E-state index < -0.39 is 0 Å². The Morgan fingerprint density at radius 3 is 2.61 bits per heavy atom. The first kappa shape index (κ1) is 12.2. The summed E-state index contributed by atoms with van der Waals surface area (Å²) >= 11 is 0. The predicted molar refractivity (Wildman–Crippen MR) is 72.5 cm³/mol. The molecule has 0 saturated carbocycles. The van der Waals surface area contributed by atoms with Gasteiger partial charge in [0.05, 0.1) is 19.1 Å². The zero-order valence-corrected chi connectivity index (χ0v) is 10.6. The molecule has 1 atom stereocenters. The molecule has 0 fully saturated rings. The van der Waals surface area contributed by atoms with Gasteiger partial charge in [-0.3, -0.25) is 0 Å². The van der Waals surface area contributed by atoms with Gasteiger partial charge < -0.3 is 4.74 Å². The lowest BCUT2D eigenvalue weighted by atomic mass is 9.92. The van der Waals surface area contributed by atoms with E-state index in [1.54, 1.807) is 7.11 Å². The van der Waals surface area contributed by atoms with Gasteiger partial charge in [0.25, 0.3) is 0 Å². The first-order chi connectivity index (χ1) is 8.76. The molecule has 18 heavy (non-hydrogen) atoms. The SMILES string of the molecule is COc1cccc(-c2ccccc2C(C)C#N)c1. The van der Waals surface area contributed by atoms with Crippen molar-refractivity contribution in [3.8, 4) is 22.9 Å². The maximum absolute atomic E-state index is 9.09. The molecule has 0 N–H and O–H groups in total. The van der Waals surface area contributed by atoms with Gasteiger partial charge >= 0.3 is 0 Å². The Hall–Kier alpha value is -2.27. The molecule has 0 heterocycles. The van der Waals surface area contributed by atoms with E-state index in [4.69, 9.17) is 10.00 Å². The highest BCUT2D eigenvalue weighted by molar-refractivity contribution is 5.69. The molecule has 2 heteroatoms. The van der Waals surface area contributed by atoms with Crippen LogP contribution in [0.2, 0.25) is 0 Å². The number of hydrogen-bond acceptors (Lipinski definition) is 2. The second kappa shape index (κ2) is 5.37. The van der Waals surface area contributed by atoms with Gasteiger partial charge in [-0.15, -0.1) is 0 Å². The van der Waals surface area contributed by atoms with Crippen molar-refractivity contribution in [2.45, 2.75) is 12.8 Å². The van der Waals surface area contributed by atoms with Crippen LogP contribution < -0.4 is 4.74 Å². The molecule has 0 radical (unpaired) electrons. The van der Waals surface area contributed by atoms with Crippen LogP contribution in [0.3, 0.4) is 0 Å². The maximum atomic E-state index is 9.09.